The molecule has 86 valence electrons. The fourth-order valence-electron chi connectivity index (χ4n) is 0.714. The molecule has 0 saturated carbocycles. The van der Waals surface area contributed by atoms with Crippen molar-refractivity contribution in [3.63, 3.8) is 0 Å². The molecule has 0 aliphatic rings. The van der Waals surface area contributed by atoms with E-state index in [2.05, 4.69) is 0 Å². The SMILES string of the molecule is O=C(O)CC(O)(CC(=O)O)C(=O)O.[Ca+2].[H-].[H-].[SeH2]. The summed E-state index contributed by atoms with van der Waals surface area (Å²) in [6.45, 7) is 0. The number of aliphatic hydroxyl groups is 1. The van der Waals surface area contributed by atoms with E-state index in [4.69, 9.17) is 20.4 Å². The molecule has 7 nitrogen and oxygen atoms in total. The van der Waals surface area contributed by atoms with Gasteiger partial charge in [0.1, 0.15) is 0 Å². The van der Waals surface area contributed by atoms with Gasteiger partial charge >= 0.3 is 72.7 Å². The van der Waals surface area contributed by atoms with Crippen molar-refractivity contribution < 1.29 is 37.7 Å². The molecule has 0 rings (SSSR count). The summed E-state index contributed by atoms with van der Waals surface area (Å²) in [5.41, 5.74) is -2.74. The molecule has 0 radical (unpaired) electrons. The number of carbonyl (C=O) groups is 3. The predicted molar refractivity (Wildman–Crippen MR) is 53.6 cm³/mol. The molecule has 0 saturated heterocycles. The Bertz CT molecular complexity index is 247. The van der Waals surface area contributed by atoms with Crippen LogP contribution in [0.2, 0.25) is 0 Å². The van der Waals surface area contributed by atoms with Crippen LogP contribution in [-0.2, 0) is 14.4 Å². The van der Waals surface area contributed by atoms with Gasteiger partial charge in [-0.3, -0.25) is 9.59 Å². The van der Waals surface area contributed by atoms with Crippen molar-refractivity contribution in [2.24, 2.45) is 0 Å². The van der Waals surface area contributed by atoms with E-state index in [1.165, 1.54) is 0 Å². The van der Waals surface area contributed by atoms with Crippen molar-refractivity contribution in [2.45, 2.75) is 18.4 Å². The summed E-state index contributed by atoms with van der Waals surface area (Å²) in [6, 6.07) is 0. The van der Waals surface area contributed by atoms with Crippen LogP contribution >= 0.6 is 0 Å². The molecular formula is C6H12CaO7Se. The van der Waals surface area contributed by atoms with Crippen LogP contribution in [0.25, 0.3) is 0 Å². The van der Waals surface area contributed by atoms with Gasteiger partial charge in [0, 0.05) is 0 Å². The summed E-state index contributed by atoms with van der Waals surface area (Å²) in [7, 11) is 0. The Hall–Kier alpha value is 0.149. The number of aliphatic carboxylic acids is 3. The average Bonchev–Trinajstić information content (AvgIpc) is 1.82. The van der Waals surface area contributed by atoms with E-state index < -0.39 is 36.4 Å². The minimum absolute atomic E-state index is 0. The molecule has 0 unspecified atom stereocenters. The summed E-state index contributed by atoms with van der Waals surface area (Å²) in [6.07, 6.45) is -2.29. The summed E-state index contributed by atoms with van der Waals surface area (Å²) < 4.78 is 0. The van der Waals surface area contributed by atoms with Gasteiger partial charge in [0.15, 0.2) is 5.60 Å². The Morgan fingerprint density at radius 2 is 1.27 bits per heavy atom. The zero-order valence-electron chi connectivity index (χ0n) is 9.63. The maximum absolute atomic E-state index is 10.3. The molecule has 0 spiro atoms. The molecular weight excluding hydrogens is 303 g/mol. The molecule has 0 heterocycles. The van der Waals surface area contributed by atoms with Gasteiger partial charge in [-0.05, 0) is 0 Å². The zero-order chi connectivity index (χ0) is 10.6. The number of hydrogen-bond donors (Lipinski definition) is 4. The van der Waals surface area contributed by atoms with Crippen molar-refractivity contribution in [3.8, 4) is 0 Å². The van der Waals surface area contributed by atoms with Crippen LogP contribution in [0, 0.1) is 0 Å². The Kier molecular flexibility index (Phi) is 11.4. The molecule has 0 amide bonds. The van der Waals surface area contributed by atoms with E-state index in [1.54, 1.807) is 0 Å². The Morgan fingerprint density at radius 3 is 1.40 bits per heavy atom. The molecule has 0 fully saturated rings. The molecule has 0 aromatic carbocycles. The van der Waals surface area contributed by atoms with E-state index in [1.807, 2.05) is 0 Å². The van der Waals surface area contributed by atoms with Crippen molar-refractivity contribution in [2.75, 3.05) is 0 Å². The van der Waals surface area contributed by atoms with E-state index in [-0.39, 0.29) is 57.7 Å². The quantitative estimate of drug-likeness (QED) is 0.419. The van der Waals surface area contributed by atoms with Crippen LogP contribution in [-0.4, -0.2) is 98.7 Å². The third-order valence-corrected chi connectivity index (χ3v) is 1.29. The fourth-order valence-corrected chi connectivity index (χ4v) is 0.714. The summed E-state index contributed by atoms with van der Waals surface area (Å²) in [5, 5.41) is 33.8. The third-order valence-electron chi connectivity index (χ3n) is 1.29. The number of carboxylic acids is 3. The predicted octanol–water partition coefficient (Wildman–Crippen LogP) is -2.32. The van der Waals surface area contributed by atoms with Gasteiger partial charge in [0.25, 0.3) is 0 Å². The van der Waals surface area contributed by atoms with Crippen molar-refractivity contribution in [1.29, 1.82) is 0 Å². The first-order valence-corrected chi connectivity index (χ1v) is 3.17. The number of rotatable bonds is 5. The Balaban J connectivity index is -0.000000120. The first kappa shape index (κ1) is 20.5. The summed E-state index contributed by atoms with van der Waals surface area (Å²) in [4.78, 5) is 30.5. The van der Waals surface area contributed by atoms with Crippen LogP contribution in [0.1, 0.15) is 15.7 Å². The maximum atomic E-state index is 10.3. The van der Waals surface area contributed by atoms with Gasteiger partial charge < -0.3 is 23.3 Å². The van der Waals surface area contributed by atoms with Gasteiger partial charge in [-0.1, -0.05) is 0 Å². The van der Waals surface area contributed by atoms with Crippen LogP contribution in [0.4, 0.5) is 0 Å². The standard InChI is InChI=1S/C6H8O7.Ca.H2Se.2H/c7-3(8)1-6(13,5(11)12)2-4(9)10;;;;/h13H,1-2H2,(H,7,8)(H,9,10)(H,11,12);;1H2;;/q;+2;;2*-1. The van der Waals surface area contributed by atoms with Gasteiger partial charge in [-0.15, -0.1) is 0 Å². The zero-order valence-corrected chi connectivity index (χ0v) is 11.9. The third kappa shape index (κ3) is 8.01. The van der Waals surface area contributed by atoms with Gasteiger partial charge in [-0.25, -0.2) is 4.79 Å². The molecule has 0 aromatic heterocycles. The molecule has 9 heteroatoms. The van der Waals surface area contributed by atoms with E-state index in [9.17, 15) is 14.4 Å². The normalized spacial score (nSPS) is 9.40. The van der Waals surface area contributed by atoms with E-state index in [0.29, 0.717) is 0 Å². The fraction of sp³-hybridized carbons (Fsp3) is 0.500. The minimum atomic E-state index is -2.74. The van der Waals surface area contributed by atoms with E-state index in [0.717, 1.165) is 0 Å². The van der Waals surface area contributed by atoms with Crippen LogP contribution < -0.4 is 0 Å². The molecule has 4 N–H and O–H groups in total. The van der Waals surface area contributed by atoms with Crippen molar-refractivity contribution >= 4 is 72.7 Å². The molecule has 0 aliphatic carbocycles. The second-order valence-corrected chi connectivity index (χ2v) is 2.48. The van der Waals surface area contributed by atoms with Crippen LogP contribution in [0.5, 0.6) is 0 Å². The molecule has 0 bridgehead atoms. The van der Waals surface area contributed by atoms with E-state index >= 15 is 0 Å². The average molecular weight is 315 g/mol. The first-order chi connectivity index (χ1) is 5.78. The number of carboxylic acid groups (broad SMARTS) is 3. The summed E-state index contributed by atoms with van der Waals surface area (Å²) in [5.74, 6) is -5.02. The monoisotopic (exact) mass is 316 g/mol. The second-order valence-electron chi connectivity index (χ2n) is 2.48. The first-order valence-electron chi connectivity index (χ1n) is 3.17. The van der Waals surface area contributed by atoms with Crippen LogP contribution in [0.3, 0.4) is 0 Å². The molecule has 0 aromatic rings. The molecule has 0 aliphatic heterocycles. The van der Waals surface area contributed by atoms with Gasteiger partial charge in [0.05, 0.1) is 12.8 Å². The Labute approximate surface area is 128 Å². The number of hydrogen-bond acceptors (Lipinski definition) is 4. The van der Waals surface area contributed by atoms with Gasteiger partial charge in [0.2, 0.25) is 0 Å². The van der Waals surface area contributed by atoms with Gasteiger partial charge in [-0.2, -0.15) is 0 Å². The van der Waals surface area contributed by atoms with Crippen molar-refractivity contribution in [3.05, 3.63) is 0 Å². The summed E-state index contributed by atoms with van der Waals surface area (Å²) >= 11 is 0. The topological polar surface area (TPSA) is 132 Å². The van der Waals surface area contributed by atoms with Crippen molar-refractivity contribution in [1.82, 2.24) is 0 Å². The molecule has 0 atom stereocenters. The van der Waals surface area contributed by atoms with Crippen LogP contribution in [0.15, 0.2) is 0 Å². The molecule has 15 heavy (non-hydrogen) atoms. The second kappa shape index (κ2) is 8.32. The Morgan fingerprint density at radius 1 is 1.00 bits per heavy atom.